The van der Waals surface area contributed by atoms with E-state index in [9.17, 15) is 4.79 Å². The molecule has 0 aliphatic carbocycles. The van der Waals surface area contributed by atoms with Crippen molar-refractivity contribution in [2.24, 2.45) is 0 Å². The molecule has 1 amide bonds. The van der Waals surface area contributed by atoms with Crippen LogP contribution in [0, 0.1) is 6.92 Å². The highest BCUT2D eigenvalue weighted by Gasteiger charge is 2.23. The molecule has 6 heteroatoms. The van der Waals surface area contributed by atoms with E-state index in [4.69, 9.17) is 4.74 Å². The minimum absolute atomic E-state index is 0.0953. The van der Waals surface area contributed by atoms with E-state index in [2.05, 4.69) is 15.3 Å². The third-order valence-electron chi connectivity index (χ3n) is 2.92. The summed E-state index contributed by atoms with van der Waals surface area (Å²) in [6, 6.07) is 1.98. The van der Waals surface area contributed by atoms with Crippen LogP contribution in [0.2, 0.25) is 0 Å². The van der Waals surface area contributed by atoms with Crippen molar-refractivity contribution in [2.45, 2.75) is 59.7 Å². The molecule has 0 radical (unpaired) electrons. The number of ether oxygens (including phenoxy) is 1. The van der Waals surface area contributed by atoms with Crippen LogP contribution in [0.5, 0.6) is 0 Å². The van der Waals surface area contributed by atoms with Gasteiger partial charge in [-0.1, -0.05) is 0 Å². The molecule has 1 aromatic rings. The number of carbonyl (C=O) groups is 1. The SMILES string of the molecule is Cc1nccc(CNCCN(C(=O)OC(C)(C)C)C(C)C)n1. The smallest absolute Gasteiger partial charge is 0.410 e. The van der Waals surface area contributed by atoms with Crippen LogP contribution in [0.1, 0.15) is 46.1 Å². The van der Waals surface area contributed by atoms with Crippen molar-refractivity contribution >= 4 is 6.09 Å². The second kappa shape index (κ2) is 8.08. The fraction of sp³-hybridized carbons (Fsp3) is 0.688. The minimum Gasteiger partial charge on any atom is -0.444 e. The summed E-state index contributed by atoms with van der Waals surface area (Å²) in [6.45, 7) is 13.4. The van der Waals surface area contributed by atoms with E-state index < -0.39 is 5.60 Å². The molecule has 0 fully saturated rings. The number of nitrogens with zero attached hydrogens (tertiary/aromatic N) is 3. The van der Waals surface area contributed by atoms with Crippen LogP contribution in [0.15, 0.2) is 12.3 Å². The third kappa shape index (κ3) is 6.85. The molecular formula is C16H28N4O2. The monoisotopic (exact) mass is 308 g/mol. The first kappa shape index (κ1) is 18.4. The number of hydrogen-bond acceptors (Lipinski definition) is 5. The van der Waals surface area contributed by atoms with Crippen molar-refractivity contribution in [3.05, 3.63) is 23.8 Å². The van der Waals surface area contributed by atoms with Gasteiger partial charge in [-0.2, -0.15) is 0 Å². The second-order valence-corrected chi connectivity index (χ2v) is 6.54. The highest BCUT2D eigenvalue weighted by Crippen LogP contribution is 2.11. The Balaban J connectivity index is 2.43. The van der Waals surface area contributed by atoms with E-state index in [1.807, 2.05) is 47.6 Å². The summed E-state index contributed by atoms with van der Waals surface area (Å²) in [5, 5.41) is 3.29. The maximum absolute atomic E-state index is 12.2. The third-order valence-corrected chi connectivity index (χ3v) is 2.92. The first-order valence-electron chi connectivity index (χ1n) is 7.68. The van der Waals surface area contributed by atoms with Gasteiger partial charge in [-0.3, -0.25) is 0 Å². The molecule has 0 atom stereocenters. The summed E-state index contributed by atoms with van der Waals surface area (Å²) in [5.74, 6) is 0.761. The number of aryl methyl sites for hydroxylation is 1. The zero-order valence-electron chi connectivity index (χ0n) is 14.5. The van der Waals surface area contributed by atoms with E-state index in [0.717, 1.165) is 11.5 Å². The zero-order chi connectivity index (χ0) is 16.8. The van der Waals surface area contributed by atoms with Crippen molar-refractivity contribution < 1.29 is 9.53 Å². The summed E-state index contributed by atoms with van der Waals surface area (Å²) < 4.78 is 5.43. The Hall–Kier alpha value is -1.69. The van der Waals surface area contributed by atoms with Gasteiger partial charge in [0.2, 0.25) is 0 Å². The molecule has 1 aromatic heterocycles. The van der Waals surface area contributed by atoms with Crippen molar-refractivity contribution in [3.63, 3.8) is 0 Å². The molecule has 0 bridgehead atoms. The van der Waals surface area contributed by atoms with Crippen molar-refractivity contribution in [1.82, 2.24) is 20.2 Å². The topological polar surface area (TPSA) is 67.4 Å². The van der Waals surface area contributed by atoms with Gasteiger partial charge in [0.05, 0.1) is 5.69 Å². The number of nitrogens with one attached hydrogen (secondary N) is 1. The van der Waals surface area contributed by atoms with Crippen LogP contribution >= 0.6 is 0 Å². The summed E-state index contributed by atoms with van der Waals surface area (Å²) in [4.78, 5) is 22.3. The normalized spacial score (nSPS) is 11.6. The Labute approximate surface area is 133 Å². The highest BCUT2D eigenvalue weighted by molar-refractivity contribution is 5.68. The maximum Gasteiger partial charge on any atom is 0.410 e. The van der Waals surface area contributed by atoms with Crippen LogP contribution in [-0.4, -0.2) is 45.7 Å². The quantitative estimate of drug-likeness (QED) is 0.818. The number of carbonyl (C=O) groups excluding carboxylic acids is 1. The highest BCUT2D eigenvalue weighted by atomic mass is 16.6. The van der Waals surface area contributed by atoms with Crippen molar-refractivity contribution in [2.75, 3.05) is 13.1 Å². The van der Waals surface area contributed by atoms with Crippen LogP contribution < -0.4 is 5.32 Å². The largest absolute Gasteiger partial charge is 0.444 e. The Morgan fingerprint density at radius 3 is 2.64 bits per heavy atom. The predicted octanol–water partition coefficient (Wildman–Crippen LogP) is 2.52. The zero-order valence-corrected chi connectivity index (χ0v) is 14.5. The molecule has 0 saturated heterocycles. The Morgan fingerprint density at radius 2 is 2.09 bits per heavy atom. The van der Waals surface area contributed by atoms with E-state index in [1.165, 1.54) is 0 Å². The Morgan fingerprint density at radius 1 is 1.41 bits per heavy atom. The fourth-order valence-corrected chi connectivity index (χ4v) is 1.90. The van der Waals surface area contributed by atoms with Gasteiger partial charge in [0.25, 0.3) is 0 Å². The molecule has 124 valence electrons. The lowest BCUT2D eigenvalue weighted by Gasteiger charge is -2.30. The van der Waals surface area contributed by atoms with E-state index in [1.54, 1.807) is 11.1 Å². The molecular weight excluding hydrogens is 280 g/mol. The minimum atomic E-state index is -0.476. The number of rotatable bonds is 6. The number of hydrogen-bond donors (Lipinski definition) is 1. The van der Waals surface area contributed by atoms with Crippen LogP contribution in [0.4, 0.5) is 4.79 Å². The molecule has 0 aromatic carbocycles. The van der Waals surface area contributed by atoms with E-state index >= 15 is 0 Å². The molecule has 1 N–H and O–H groups in total. The first-order valence-corrected chi connectivity index (χ1v) is 7.68. The number of aromatic nitrogens is 2. The molecule has 1 rings (SSSR count). The van der Waals surface area contributed by atoms with Crippen molar-refractivity contribution in [1.29, 1.82) is 0 Å². The van der Waals surface area contributed by atoms with E-state index in [-0.39, 0.29) is 12.1 Å². The Bertz CT molecular complexity index is 483. The summed E-state index contributed by atoms with van der Waals surface area (Å²) in [7, 11) is 0. The van der Waals surface area contributed by atoms with Gasteiger partial charge in [0.1, 0.15) is 11.4 Å². The van der Waals surface area contributed by atoms with Gasteiger partial charge in [0.15, 0.2) is 0 Å². The summed E-state index contributed by atoms with van der Waals surface area (Å²) in [6.07, 6.45) is 1.47. The first-order chi connectivity index (χ1) is 10.2. The molecule has 22 heavy (non-hydrogen) atoms. The maximum atomic E-state index is 12.2. The van der Waals surface area contributed by atoms with Crippen molar-refractivity contribution in [3.8, 4) is 0 Å². The molecule has 0 aliphatic rings. The Kier molecular flexibility index (Phi) is 6.74. The second-order valence-electron chi connectivity index (χ2n) is 6.54. The molecule has 0 aliphatic heterocycles. The van der Waals surface area contributed by atoms with E-state index in [0.29, 0.717) is 19.6 Å². The van der Waals surface area contributed by atoms with Gasteiger partial charge in [-0.25, -0.2) is 14.8 Å². The lowest BCUT2D eigenvalue weighted by molar-refractivity contribution is 0.0193. The molecule has 0 spiro atoms. The van der Waals surface area contributed by atoms with Gasteiger partial charge in [0, 0.05) is 31.9 Å². The molecule has 6 nitrogen and oxygen atoms in total. The summed E-state index contributed by atoms with van der Waals surface area (Å²) >= 11 is 0. The molecule has 0 saturated carbocycles. The number of amides is 1. The van der Waals surface area contributed by atoms with Gasteiger partial charge in [-0.05, 0) is 47.6 Å². The van der Waals surface area contributed by atoms with Gasteiger partial charge >= 0.3 is 6.09 Å². The fourth-order valence-electron chi connectivity index (χ4n) is 1.90. The lowest BCUT2D eigenvalue weighted by Crippen LogP contribution is -2.44. The molecule has 1 heterocycles. The average Bonchev–Trinajstić information content (AvgIpc) is 2.35. The van der Waals surface area contributed by atoms with Gasteiger partial charge in [-0.15, -0.1) is 0 Å². The van der Waals surface area contributed by atoms with Gasteiger partial charge < -0.3 is 15.0 Å². The van der Waals surface area contributed by atoms with Crippen LogP contribution in [0.25, 0.3) is 0 Å². The summed E-state index contributed by atoms with van der Waals surface area (Å²) in [5.41, 5.74) is 0.469. The standard InChI is InChI=1S/C16H28N4O2/c1-12(2)20(15(21)22-16(4,5)6)10-9-17-11-14-7-8-18-13(3)19-14/h7-8,12,17H,9-11H2,1-6H3. The lowest BCUT2D eigenvalue weighted by atomic mass is 10.2. The average molecular weight is 308 g/mol. The molecule has 0 unspecified atom stereocenters. The predicted molar refractivity (Wildman–Crippen MR) is 86.6 cm³/mol. The van der Waals surface area contributed by atoms with Crippen LogP contribution in [-0.2, 0) is 11.3 Å². The van der Waals surface area contributed by atoms with Crippen LogP contribution in [0.3, 0.4) is 0 Å².